The lowest BCUT2D eigenvalue weighted by atomic mass is 10.2. The van der Waals surface area contributed by atoms with E-state index in [-0.39, 0.29) is 5.69 Å². The van der Waals surface area contributed by atoms with Crippen molar-refractivity contribution < 1.29 is 4.92 Å². The van der Waals surface area contributed by atoms with Crippen molar-refractivity contribution in [1.82, 2.24) is 0 Å². The lowest BCUT2D eigenvalue weighted by molar-refractivity contribution is -0.383. The van der Waals surface area contributed by atoms with Crippen molar-refractivity contribution >= 4 is 44.4 Å². The molecule has 1 heterocycles. The molecule has 2 rings (SSSR count). The van der Waals surface area contributed by atoms with Crippen LogP contribution in [0.25, 0.3) is 10.1 Å². The second-order valence-corrected chi connectivity index (χ2v) is 4.41. The number of anilines is 1. The van der Waals surface area contributed by atoms with Gasteiger partial charge in [-0.3, -0.25) is 10.1 Å². The Hall–Kier alpha value is -1.33. The van der Waals surface area contributed by atoms with Gasteiger partial charge >= 0.3 is 0 Å². The van der Waals surface area contributed by atoms with Gasteiger partial charge < -0.3 is 5.73 Å². The molecule has 0 fully saturated rings. The van der Waals surface area contributed by atoms with Crippen LogP contribution in [0.15, 0.2) is 18.2 Å². The van der Waals surface area contributed by atoms with Crippen molar-refractivity contribution in [2.45, 2.75) is 0 Å². The summed E-state index contributed by atoms with van der Waals surface area (Å²) in [7, 11) is 0. The number of nitrogens with zero attached hydrogens (tertiary/aromatic N) is 1. The number of rotatable bonds is 1. The molecule has 14 heavy (non-hydrogen) atoms. The number of nitrogen functional groups attached to an aromatic ring is 1. The van der Waals surface area contributed by atoms with Crippen LogP contribution in [-0.4, -0.2) is 4.92 Å². The van der Waals surface area contributed by atoms with Crippen molar-refractivity contribution in [2.75, 3.05) is 5.73 Å². The summed E-state index contributed by atoms with van der Waals surface area (Å²) < 4.78 is 1.17. The van der Waals surface area contributed by atoms with Gasteiger partial charge in [-0.1, -0.05) is 11.6 Å². The fourth-order valence-electron chi connectivity index (χ4n) is 1.26. The second kappa shape index (κ2) is 3.11. The number of hydrogen-bond donors (Lipinski definition) is 1. The molecule has 0 spiro atoms. The molecule has 0 amide bonds. The molecule has 6 heteroatoms. The standard InChI is InChI=1S/C8H5ClN2O2S/c9-7-3-4-6(11(12)13)2-1-5(10)8(4)14-7/h1-3H,10H2. The molecule has 0 aliphatic rings. The van der Waals surface area contributed by atoms with E-state index in [1.54, 1.807) is 6.07 Å². The van der Waals surface area contributed by atoms with Gasteiger partial charge in [0, 0.05) is 6.07 Å². The SMILES string of the molecule is Nc1ccc([N+](=O)[O-])c2cc(Cl)sc12. The van der Waals surface area contributed by atoms with Crippen LogP contribution in [0.3, 0.4) is 0 Å². The molecular weight excluding hydrogens is 224 g/mol. The summed E-state index contributed by atoms with van der Waals surface area (Å²) >= 11 is 7.02. The molecule has 4 nitrogen and oxygen atoms in total. The Morgan fingerprint density at radius 1 is 1.50 bits per heavy atom. The van der Waals surface area contributed by atoms with Crippen LogP contribution in [0.4, 0.5) is 11.4 Å². The number of nitro benzene ring substituents is 1. The zero-order valence-electron chi connectivity index (χ0n) is 6.86. The molecular formula is C8H5ClN2O2S. The first-order chi connectivity index (χ1) is 6.59. The predicted molar refractivity (Wildman–Crippen MR) is 57.9 cm³/mol. The lowest BCUT2D eigenvalue weighted by Crippen LogP contribution is -1.90. The smallest absolute Gasteiger partial charge is 0.278 e. The largest absolute Gasteiger partial charge is 0.398 e. The fraction of sp³-hybridized carbons (Fsp3) is 0. The summed E-state index contributed by atoms with van der Waals surface area (Å²) in [5.74, 6) is 0. The third kappa shape index (κ3) is 1.30. The van der Waals surface area contributed by atoms with Gasteiger partial charge in [-0.25, -0.2) is 0 Å². The average Bonchev–Trinajstić information content (AvgIpc) is 2.47. The Balaban J connectivity index is 2.87. The monoisotopic (exact) mass is 228 g/mol. The minimum atomic E-state index is -0.440. The van der Waals surface area contributed by atoms with Crippen molar-refractivity contribution in [3.05, 3.63) is 32.6 Å². The number of halogens is 1. The number of hydrogen-bond acceptors (Lipinski definition) is 4. The molecule has 72 valence electrons. The maximum atomic E-state index is 10.7. The van der Waals surface area contributed by atoms with Crippen molar-refractivity contribution in [1.29, 1.82) is 0 Å². The number of non-ortho nitro benzene ring substituents is 1. The minimum absolute atomic E-state index is 0.0392. The lowest BCUT2D eigenvalue weighted by Gasteiger charge is -1.96. The van der Waals surface area contributed by atoms with Gasteiger partial charge in [0.2, 0.25) is 0 Å². The Labute approximate surface area is 88.0 Å². The first kappa shape index (κ1) is 9.23. The van der Waals surface area contributed by atoms with Gasteiger partial charge in [0.25, 0.3) is 5.69 Å². The van der Waals surface area contributed by atoms with Gasteiger partial charge in [-0.15, -0.1) is 11.3 Å². The highest BCUT2D eigenvalue weighted by Gasteiger charge is 2.15. The maximum Gasteiger partial charge on any atom is 0.278 e. The van der Waals surface area contributed by atoms with Gasteiger partial charge in [0.15, 0.2) is 0 Å². The Morgan fingerprint density at radius 2 is 2.21 bits per heavy atom. The van der Waals surface area contributed by atoms with E-state index in [9.17, 15) is 10.1 Å². The van der Waals surface area contributed by atoms with E-state index in [4.69, 9.17) is 17.3 Å². The van der Waals surface area contributed by atoms with E-state index in [2.05, 4.69) is 0 Å². The summed E-state index contributed by atoms with van der Waals surface area (Å²) in [5, 5.41) is 11.2. The first-order valence-electron chi connectivity index (χ1n) is 3.71. The molecule has 0 aliphatic heterocycles. The summed E-state index contributed by atoms with van der Waals surface area (Å²) in [6.07, 6.45) is 0. The topological polar surface area (TPSA) is 69.2 Å². The average molecular weight is 229 g/mol. The molecule has 2 N–H and O–H groups in total. The number of nitro groups is 1. The van der Waals surface area contributed by atoms with E-state index in [1.165, 1.54) is 23.5 Å². The third-order valence-electron chi connectivity index (χ3n) is 1.86. The second-order valence-electron chi connectivity index (χ2n) is 2.72. The van der Waals surface area contributed by atoms with Gasteiger partial charge in [-0.05, 0) is 12.1 Å². The molecule has 2 aromatic rings. The van der Waals surface area contributed by atoms with Crippen LogP contribution in [-0.2, 0) is 0 Å². The fourth-order valence-corrected chi connectivity index (χ4v) is 2.43. The molecule has 1 aromatic heterocycles. The van der Waals surface area contributed by atoms with Crippen LogP contribution < -0.4 is 5.73 Å². The number of benzene rings is 1. The van der Waals surface area contributed by atoms with Gasteiger partial charge in [0.05, 0.1) is 25.0 Å². The highest BCUT2D eigenvalue weighted by Crippen LogP contribution is 2.38. The van der Waals surface area contributed by atoms with Crippen molar-refractivity contribution in [3.8, 4) is 0 Å². The van der Waals surface area contributed by atoms with Crippen molar-refractivity contribution in [3.63, 3.8) is 0 Å². The van der Waals surface area contributed by atoms with E-state index in [1.807, 2.05) is 0 Å². The van der Waals surface area contributed by atoms with Crippen LogP contribution in [0.5, 0.6) is 0 Å². The summed E-state index contributed by atoms with van der Waals surface area (Å²) in [5.41, 5.74) is 6.22. The maximum absolute atomic E-state index is 10.7. The molecule has 0 radical (unpaired) electrons. The van der Waals surface area contributed by atoms with Gasteiger partial charge in [-0.2, -0.15) is 0 Å². The Kier molecular flexibility index (Phi) is 2.05. The van der Waals surface area contributed by atoms with Crippen LogP contribution >= 0.6 is 22.9 Å². The molecule has 0 unspecified atom stereocenters. The van der Waals surface area contributed by atoms with Crippen LogP contribution in [0.2, 0.25) is 4.34 Å². The highest BCUT2D eigenvalue weighted by atomic mass is 35.5. The number of thiophene rings is 1. The van der Waals surface area contributed by atoms with E-state index in [0.717, 1.165) is 0 Å². The molecule has 0 aliphatic carbocycles. The predicted octanol–water partition coefficient (Wildman–Crippen LogP) is 3.05. The molecule has 0 saturated heterocycles. The molecule has 0 atom stereocenters. The number of fused-ring (bicyclic) bond motifs is 1. The summed E-state index contributed by atoms with van der Waals surface area (Å²) in [4.78, 5) is 10.2. The highest BCUT2D eigenvalue weighted by molar-refractivity contribution is 7.23. The molecule has 0 saturated carbocycles. The minimum Gasteiger partial charge on any atom is -0.398 e. The summed E-state index contributed by atoms with van der Waals surface area (Å²) in [6.45, 7) is 0. The first-order valence-corrected chi connectivity index (χ1v) is 4.91. The molecule has 1 aromatic carbocycles. The van der Waals surface area contributed by atoms with E-state index < -0.39 is 4.92 Å². The van der Waals surface area contributed by atoms with Crippen LogP contribution in [0.1, 0.15) is 0 Å². The van der Waals surface area contributed by atoms with E-state index in [0.29, 0.717) is 20.1 Å². The van der Waals surface area contributed by atoms with E-state index >= 15 is 0 Å². The third-order valence-corrected chi connectivity index (χ3v) is 3.17. The van der Waals surface area contributed by atoms with Gasteiger partial charge in [0.1, 0.15) is 0 Å². The zero-order valence-corrected chi connectivity index (χ0v) is 8.43. The molecule has 0 bridgehead atoms. The Morgan fingerprint density at radius 3 is 2.86 bits per heavy atom. The number of nitrogens with two attached hydrogens (primary N) is 1. The van der Waals surface area contributed by atoms with Crippen LogP contribution in [0, 0.1) is 10.1 Å². The quantitative estimate of drug-likeness (QED) is 0.463. The zero-order chi connectivity index (χ0) is 10.3. The normalized spacial score (nSPS) is 10.6. The summed E-state index contributed by atoms with van der Waals surface area (Å²) in [6, 6.07) is 4.48. The Bertz CT molecular complexity index is 523. The van der Waals surface area contributed by atoms with Crippen molar-refractivity contribution in [2.24, 2.45) is 0 Å².